The Morgan fingerprint density at radius 3 is 2.00 bits per heavy atom. The summed E-state index contributed by atoms with van der Waals surface area (Å²) in [5.74, 6) is 0. The van der Waals surface area contributed by atoms with Gasteiger partial charge < -0.3 is 0 Å². The Balaban J connectivity index is 3.15. The topological polar surface area (TPSA) is 28.7 Å². The van der Waals surface area contributed by atoms with E-state index in [4.69, 9.17) is 0 Å². The molecule has 0 radical (unpaired) electrons. The summed E-state index contributed by atoms with van der Waals surface area (Å²) in [5.41, 5.74) is -0.885. The first-order valence-electron chi connectivity index (χ1n) is 2.39. The first-order chi connectivity index (χ1) is 4.93. The van der Waals surface area contributed by atoms with E-state index >= 15 is 0 Å². The number of alkyl halides is 3. The molecule has 0 amide bonds. The maximum atomic E-state index is 11.9. The molecular formula is C4HBr2F3N2. The Bertz CT molecular complexity index is 267. The summed E-state index contributed by atoms with van der Waals surface area (Å²) in [6.07, 6.45) is -4.39. The molecule has 0 aliphatic rings. The number of nitrogens with one attached hydrogen (secondary N) is 1. The van der Waals surface area contributed by atoms with E-state index in [1.807, 2.05) is 5.10 Å². The van der Waals surface area contributed by atoms with Gasteiger partial charge in [0, 0.05) is 0 Å². The van der Waals surface area contributed by atoms with Crippen molar-refractivity contribution < 1.29 is 13.2 Å². The second kappa shape index (κ2) is 2.78. The number of hydrogen-bond donors (Lipinski definition) is 1. The SMILES string of the molecule is FC(F)(F)c1[nH]nc(Br)c1Br. The molecule has 0 atom stereocenters. The number of hydrogen-bond acceptors (Lipinski definition) is 1. The number of rotatable bonds is 0. The quantitative estimate of drug-likeness (QED) is 0.783. The van der Waals surface area contributed by atoms with Gasteiger partial charge in [-0.05, 0) is 31.9 Å². The molecule has 0 aliphatic carbocycles. The molecule has 1 aromatic heterocycles. The van der Waals surface area contributed by atoms with Crippen LogP contribution in [0.25, 0.3) is 0 Å². The minimum atomic E-state index is -4.39. The van der Waals surface area contributed by atoms with Gasteiger partial charge in [-0.25, -0.2) is 0 Å². The molecule has 62 valence electrons. The minimum Gasteiger partial charge on any atom is -0.271 e. The summed E-state index contributed by atoms with van der Waals surface area (Å²) >= 11 is 5.54. The summed E-state index contributed by atoms with van der Waals surface area (Å²) in [6, 6.07) is 0. The van der Waals surface area contributed by atoms with Crippen molar-refractivity contribution >= 4 is 31.9 Å². The molecule has 0 saturated carbocycles. The van der Waals surface area contributed by atoms with Crippen LogP contribution in [0.3, 0.4) is 0 Å². The number of aromatic amines is 1. The van der Waals surface area contributed by atoms with Crippen LogP contribution in [0.2, 0.25) is 0 Å². The average Bonchev–Trinajstić information content (AvgIpc) is 2.11. The first kappa shape index (κ1) is 9.05. The maximum Gasteiger partial charge on any atom is 0.433 e. The molecule has 2 nitrogen and oxygen atoms in total. The molecule has 0 aromatic carbocycles. The van der Waals surface area contributed by atoms with Crippen LogP contribution in [-0.4, -0.2) is 10.2 Å². The molecule has 1 aromatic rings. The van der Waals surface area contributed by atoms with Crippen molar-refractivity contribution in [3.63, 3.8) is 0 Å². The van der Waals surface area contributed by atoms with E-state index in [1.54, 1.807) is 0 Å². The fraction of sp³-hybridized carbons (Fsp3) is 0.250. The van der Waals surface area contributed by atoms with E-state index in [0.717, 1.165) is 0 Å². The van der Waals surface area contributed by atoms with E-state index in [9.17, 15) is 13.2 Å². The van der Waals surface area contributed by atoms with Crippen LogP contribution in [0.15, 0.2) is 9.08 Å². The van der Waals surface area contributed by atoms with E-state index in [0.29, 0.717) is 0 Å². The first-order valence-corrected chi connectivity index (χ1v) is 3.98. The molecule has 7 heteroatoms. The highest BCUT2D eigenvalue weighted by atomic mass is 79.9. The smallest absolute Gasteiger partial charge is 0.271 e. The lowest BCUT2D eigenvalue weighted by atomic mass is 10.4. The number of nitrogens with zero attached hydrogens (tertiary/aromatic N) is 1. The highest BCUT2D eigenvalue weighted by Gasteiger charge is 2.36. The fourth-order valence-electron chi connectivity index (χ4n) is 0.494. The van der Waals surface area contributed by atoms with Gasteiger partial charge in [-0.3, -0.25) is 5.10 Å². The third-order valence-electron chi connectivity index (χ3n) is 0.950. The largest absolute Gasteiger partial charge is 0.433 e. The van der Waals surface area contributed by atoms with Gasteiger partial charge in [0.2, 0.25) is 0 Å². The third kappa shape index (κ3) is 1.76. The molecule has 0 fully saturated rings. The molecule has 1 heterocycles. The van der Waals surface area contributed by atoms with Crippen molar-refractivity contribution in [1.29, 1.82) is 0 Å². The molecule has 0 unspecified atom stereocenters. The van der Waals surface area contributed by atoms with Gasteiger partial charge in [-0.15, -0.1) is 0 Å². The predicted molar refractivity (Wildman–Crippen MR) is 39.0 cm³/mol. The van der Waals surface area contributed by atoms with Crippen molar-refractivity contribution in [3.05, 3.63) is 14.8 Å². The summed E-state index contributed by atoms with van der Waals surface area (Å²) in [7, 11) is 0. The molecule has 1 N–H and O–H groups in total. The number of aromatic nitrogens is 2. The zero-order chi connectivity index (χ0) is 8.65. The number of H-pyrrole nitrogens is 1. The Morgan fingerprint density at radius 1 is 1.27 bits per heavy atom. The monoisotopic (exact) mass is 292 g/mol. The molecule has 0 spiro atoms. The van der Waals surface area contributed by atoms with Crippen molar-refractivity contribution in [1.82, 2.24) is 10.2 Å². The maximum absolute atomic E-state index is 11.9. The molecule has 1 rings (SSSR count). The standard InChI is InChI=1S/C4HBr2F3N2/c5-1-2(4(7,8)9)10-11-3(1)6/h(H,10,11). The lowest BCUT2D eigenvalue weighted by molar-refractivity contribution is -0.141. The van der Waals surface area contributed by atoms with Crippen molar-refractivity contribution in [2.75, 3.05) is 0 Å². The van der Waals surface area contributed by atoms with Gasteiger partial charge in [-0.1, -0.05) is 0 Å². The van der Waals surface area contributed by atoms with Crippen LogP contribution >= 0.6 is 31.9 Å². The average molecular weight is 294 g/mol. The van der Waals surface area contributed by atoms with Crippen LogP contribution in [0.4, 0.5) is 13.2 Å². The highest BCUT2D eigenvalue weighted by Crippen LogP contribution is 2.36. The zero-order valence-corrected chi connectivity index (χ0v) is 8.01. The van der Waals surface area contributed by atoms with Crippen LogP contribution < -0.4 is 0 Å². The zero-order valence-electron chi connectivity index (χ0n) is 4.84. The van der Waals surface area contributed by atoms with Crippen LogP contribution in [0.1, 0.15) is 5.69 Å². The number of halogens is 5. The van der Waals surface area contributed by atoms with E-state index < -0.39 is 11.9 Å². The van der Waals surface area contributed by atoms with E-state index in [1.165, 1.54) is 0 Å². The summed E-state index contributed by atoms with van der Waals surface area (Å²) < 4.78 is 35.8. The third-order valence-corrected chi connectivity index (χ3v) is 2.83. The highest BCUT2D eigenvalue weighted by molar-refractivity contribution is 9.13. The fourth-order valence-corrected chi connectivity index (χ4v) is 1.18. The Morgan fingerprint density at radius 2 is 1.82 bits per heavy atom. The van der Waals surface area contributed by atoms with Gasteiger partial charge in [0.15, 0.2) is 5.69 Å². The molecule has 0 aliphatic heterocycles. The molecular weight excluding hydrogens is 293 g/mol. The van der Waals surface area contributed by atoms with Gasteiger partial charge in [0.05, 0.1) is 4.47 Å². The Kier molecular flexibility index (Phi) is 2.29. The Hall–Kier alpha value is -0.0400. The second-order valence-electron chi connectivity index (χ2n) is 1.70. The van der Waals surface area contributed by atoms with Crippen LogP contribution in [0.5, 0.6) is 0 Å². The van der Waals surface area contributed by atoms with Crippen LogP contribution in [-0.2, 0) is 6.18 Å². The Labute approximate surface area is 76.4 Å². The molecule has 11 heavy (non-hydrogen) atoms. The van der Waals surface area contributed by atoms with Gasteiger partial charge >= 0.3 is 6.18 Å². The lowest BCUT2D eigenvalue weighted by Gasteiger charge is -2.01. The van der Waals surface area contributed by atoms with Gasteiger partial charge in [0.1, 0.15) is 4.60 Å². The minimum absolute atomic E-state index is 0.106. The van der Waals surface area contributed by atoms with Crippen molar-refractivity contribution in [2.45, 2.75) is 6.18 Å². The van der Waals surface area contributed by atoms with E-state index in [2.05, 4.69) is 37.0 Å². The second-order valence-corrected chi connectivity index (χ2v) is 3.25. The van der Waals surface area contributed by atoms with E-state index in [-0.39, 0.29) is 9.08 Å². The van der Waals surface area contributed by atoms with Crippen molar-refractivity contribution in [3.8, 4) is 0 Å². The molecule has 0 bridgehead atoms. The summed E-state index contributed by atoms with van der Waals surface area (Å²) in [4.78, 5) is 0. The van der Waals surface area contributed by atoms with Crippen molar-refractivity contribution in [2.24, 2.45) is 0 Å². The normalized spacial score (nSPS) is 12.1. The van der Waals surface area contributed by atoms with Gasteiger partial charge in [0.25, 0.3) is 0 Å². The lowest BCUT2D eigenvalue weighted by Crippen LogP contribution is -2.06. The van der Waals surface area contributed by atoms with Gasteiger partial charge in [-0.2, -0.15) is 18.3 Å². The summed E-state index contributed by atoms with van der Waals surface area (Å²) in [6.45, 7) is 0. The van der Waals surface area contributed by atoms with Crippen LogP contribution in [0, 0.1) is 0 Å². The molecule has 0 saturated heterocycles. The summed E-state index contributed by atoms with van der Waals surface area (Å²) in [5, 5.41) is 5.15. The predicted octanol–water partition coefficient (Wildman–Crippen LogP) is 2.95.